The van der Waals surface area contributed by atoms with E-state index in [0.717, 1.165) is 35.5 Å². The third-order valence-electron chi connectivity index (χ3n) is 7.56. The number of benzene rings is 3. The smallest absolute Gasteiger partial charge is 0.338 e. The van der Waals surface area contributed by atoms with Crippen molar-refractivity contribution >= 4 is 52.3 Å². The zero-order chi connectivity index (χ0) is 31.4. The Morgan fingerprint density at radius 3 is 2.43 bits per heavy atom. The molecule has 0 saturated carbocycles. The fourth-order valence-corrected chi connectivity index (χ4v) is 6.63. The molecule has 0 amide bonds. The number of methoxy groups -OCH3 is 1. The van der Waals surface area contributed by atoms with Gasteiger partial charge in [-0.2, -0.15) is 0 Å². The molecule has 3 aromatic carbocycles. The van der Waals surface area contributed by atoms with Crippen molar-refractivity contribution < 1.29 is 14.3 Å². The molecular formula is C34H33Cl2N3O4S. The Balaban J connectivity index is 1.65. The Hall–Kier alpha value is -3.85. The van der Waals surface area contributed by atoms with E-state index < -0.39 is 12.0 Å². The summed E-state index contributed by atoms with van der Waals surface area (Å²) in [6, 6.07) is 20.2. The molecule has 1 atom stereocenters. The van der Waals surface area contributed by atoms with Crippen molar-refractivity contribution in [2.45, 2.75) is 39.8 Å². The molecule has 0 N–H and O–H groups in total. The van der Waals surface area contributed by atoms with Crippen molar-refractivity contribution in [3.05, 3.63) is 124 Å². The Labute approximate surface area is 270 Å². The SMILES string of the molecule is CCC1=C(C(=O)OC)[C@@H](c2ccccc2)n2c(s/c(=C/c3ccc(N(CC)CC)cc3OCc3ccc(Cl)c(Cl)c3)c2=O)=N1. The van der Waals surface area contributed by atoms with Crippen molar-refractivity contribution in [1.82, 2.24) is 4.57 Å². The van der Waals surface area contributed by atoms with Gasteiger partial charge in [0.15, 0.2) is 4.80 Å². The van der Waals surface area contributed by atoms with Gasteiger partial charge >= 0.3 is 5.97 Å². The standard InChI is InChI=1S/C34H33Cl2N3O4S/c1-5-27-30(33(41)42-4)31(22-11-9-8-10-12-22)39-32(40)29(44-34(39)37-27)18-23-14-15-24(38(6-2)7-3)19-28(23)43-20-21-13-16-25(35)26(36)17-21/h8-19,31H,5-7,20H2,1-4H3/b29-18+/t31-/m1/s1. The van der Waals surface area contributed by atoms with Gasteiger partial charge in [-0.05, 0) is 61.7 Å². The highest BCUT2D eigenvalue weighted by Crippen LogP contribution is 2.32. The van der Waals surface area contributed by atoms with Gasteiger partial charge in [-0.15, -0.1) is 0 Å². The van der Waals surface area contributed by atoms with Crippen LogP contribution in [0.5, 0.6) is 5.75 Å². The maximum Gasteiger partial charge on any atom is 0.338 e. The second kappa shape index (κ2) is 13.8. The van der Waals surface area contributed by atoms with Gasteiger partial charge < -0.3 is 14.4 Å². The molecule has 44 heavy (non-hydrogen) atoms. The van der Waals surface area contributed by atoms with Crippen LogP contribution < -0.4 is 24.5 Å². The Morgan fingerprint density at radius 1 is 1.02 bits per heavy atom. The summed E-state index contributed by atoms with van der Waals surface area (Å²) in [5.74, 6) is 0.120. The van der Waals surface area contributed by atoms with Crippen LogP contribution in [-0.4, -0.2) is 30.7 Å². The quantitative estimate of drug-likeness (QED) is 0.183. The van der Waals surface area contributed by atoms with Gasteiger partial charge in [0.1, 0.15) is 12.4 Å². The number of halogens is 2. The van der Waals surface area contributed by atoms with Gasteiger partial charge in [0, 0.05) is 30.4 Å². The van der Waals surface area contributed by atoms with Crippen LogP contribution in [0.4, 0.5) is 5.69 Å². The van der Waals surface area contributed by atoms with Crippen LogP contribution in [0.2, 0.25) is 10.0 Å². The molecule has 228 valence electrons. The van der Waals surface area contributed by atoms with Crippen LogP contribution in [0, 0.1) is 0 Å². The number of carbonyl (C=O) groups excluding carboxylic acids is 1. The van der Waals surface area contributed by atoms with E-state index in [9.17, 15) is 9.59 Å². The van der Waals surface area contributed by atoms with Crippen molar-refractivity contribution in [3.63, 3.8) is 0 Å². The Bertz CT molecular complexity index is 1900. The van der Waals surface area contributed by atoms with Crippen molar-refractivity contribution in [1.29, 1.82) is 0 Å². The lowest BCUT2D eigenvalue weighted by molar-refractivity contribution is -0.136. The van der Waals surface area contributed by atoms with E-state index in [1.54, 1.807) is 16.7 Å². The minimum absolute atomic E-state index is 0.248. The van der Waals surface area contributed by atoms with E-state index >= 15 is 0 Å². The highest BCUT2D eigenvalue weighted by Gasteiger charge is 2.33. The number of fused-ring (bicyclic) bond motifs is 1. The molecule has 0 saturated heterocycles. The summed E-state index contributed by atoms with van der Waals surface area (Å²) in [5, 5.41) is 0.933. The molecule has 10 heteroatoms. The van der Waals surface area contributed by atoms with Crippen LogP contribution in [0.3, 0.4) is 0 Å². The van der Waals surface area contributed by atoms with Gasteiger partial charge in [-0.25, -0.2) is 9.79 Å². The van der Waals surface area contributed by atoms with E-state index in [1.807, 2.05) is 67.6 Å². The molecule has 0 aliphatic carbocycles. The molecule has 1 aromatic heterocycles. The zero-order valence-electron chi connectivity index (χ0n) is 25.0. The van der Waals surface area contributed by atoms with Crippen molar-refractivity contribution in [3.8, 4) is 5.75 Å². The first kappa shape index (κ1) is 31.6. The first-order chi connectivity index (χ1) is 21.3. The van der Waals surface area contributed by atoms with Crippen LogP contribution in [0.15, 0.2) is 87.8 Å². The number of hydrogen-bond donors (Lipinski definition) is 0. The average molecular weight is 651 g/mol. The first-order valence-electron chi connectivity index (χ1n) is 14.4. The van der Waals surface area contributed by atoms with E-state index in [0.29, 0.717) is 42.8 Å². The molecule has 1 aliphatic rings. The van der Waals surface area contributed by atoms with Gasteiger partial charge in [-0.1, -0.05) is 77.9 Å². The molecule has 7 nitrogen and oxygen atoms in total. The summed E-state index contributed by atoms with van der Waals surface area (Å²) in [6.07, 6.45) is 2.34. The first-order valence-corrected chi connectivity index (χ1v) is 16.0. The molecule has 0 fully saturated rings. The number of hydrogen-bond acceptors (Lipinski definition) is 7. The highest BCUT2D eigenvalue weighted by atomic mass is 35.5. The average Bonchev–Trinajstić information content (AvgIpc) is 3.36. The minimum atomic E-state index is -0.660. The fourth-order valence-electron chi connectivity index (χ4n) is 5.30. The molecule has 5 rings (SSSR count). The third-order valence-corrected chi connectivity index (χ3v) is 9.28. The highest BCUT2D eigenvalue weighted by molar-refractivity contribution is 7.07. The lowest BCUT2D eigenvalue weighted by Gasteiger charge is -2.25. The number of aromatic nitrogens is 1. The van der Waals surface area contributed by atoms with Crippen LogP contribution in [0.1, 0.15) is 49.9 Å². The number of carbonyl (C=O) groups is 1. The van der Waals surface area contributed by atoms with Gasteiger partial charge in [0.05, 0.1) is 39.0 Å². The van der Waals surface area contributed by atoms with Crippen molar-refractivity contribution in [2.75, 3.05) is 25.1 Å². The molecule has 4 aromatic rings. The van der Waals surface area contributed by atoms with Crippen molar-refractivity contribution in [2.24, 2.45) is 4.99 Å². The molecule has 0 unspecified atom stereocenters. The fraction of sp³-hybridized carbons (Fsp3) is 0.265. The second-order valence-electron chi connectivity index (χ2n) is 10.1. The van der Waals surface area contributed by atoms with Crippen LogP contribution >= 0.6 is 34.5 Å². The molecule has 0 radical (unpaired) electrons. The van der Waals surface area contributed by atoms with E-state index in [-0.39, 0.29) is 12.2 Å². The molecule has 1 aliphatic heterocycles. The molecular weight excluding hydrogens is 617 g/mol. The number of thiazole rings is 1. The largest absolute Gasteiger partial charge is 0.488 e. The molecule has 0 spiro atoms. The third kappa shape index (κ3) is 6.34. The lowest BCUT2D eigenvalue weighted by atomic mass is 9.95. The maximum atomic E-state index is 14.1. The zero-order valence-corrected chi connectivity index (χ0v) is 27.3. The number of allylic oxidation sites excluding steroid dienone is 1. The predicted octanol–water partition coefficient (Wildman–Crippen LogP) is 6.53. The number of anilines is 1. The topological polar surface area (TPSA) is 73.1 Å². The van der Waals surface area contributed by atoms with Gasteiger partial charge in [0.2, 0.25) is 0 Å². The summed E-state index contributed by atoms with van der Waals surface area (Å²) >= 11 is 13.6. The van der Waals surface area contributed by atoms with Crippen LogP contribution in [-0.2, 0) is 16.1 Å². The molecule has 0 bridgehead atoms. The number of nitrogens with zero attached hydrogens (tertiary/aromatic N) is 3. The van der Waals surface area contributed by atoms with Gasteiger partial charge in [0.25, 0.3) is 5.56 Å². The van der Waals surface area contributed by atoms with E-state index in [1.165, 1.54) is 18.4 Å². The maximum absolute atomic E-state index is 14.1. The number of ether oxygens (including phenoxy) is 2. The summed E-state index contributed by atoms with van der Waals surface area (Å²) in [4.78, 5) is 34.7. The minimum Gasteiger partial charge on any atom is -0.488 e. The summed E-state index contributed by atoms with van der Waals surface area (Å²) in [7, 11) is 1.34. The monoisotopic (exact) mass is 649 g/mol. The van der Waals surface area contributed by atoms with E-state index in [2.05, 4.69) is 18.7 Å². The lowest BCUT2D eigenvalue weighted by Crippen LogP contribution is -2.40. The Kier molecular flexibility index (Phi) is 9.93. The number of esters is 1. The Morgan fingerprint density at radius 2 is 1.77 bits per heavy atom. The van der Waals surface area contributed by atoms with Crippen LogP contribution in [0.25, 0.3) is 6.08 Å². The predicted molar refractivity (Wildman–Crippen MR) is 178 cm³/mol. The second-order valence-corrected chi connectivity index (χ2v) is 12.0. The summed E-state index contributed by atoms with van der Waals surface area (Å²) in [5.41, 5.74) is 4.14. The van der Waals surface area contributed by atoms with E-state index in [4.69, 9.17) is 37.7 Å². The summed E-state index contributed by atoms with van der Waals surface area (Å²) in [6.45, 7) is 8.07. The normalized spacial score (nSPS) is 14.7. The molecule has 2 heterocycles. The summed E-state index contributed by atoms with van der Waals surface area (Å²) < 4.78 is 13.6. The number of rotatable bonds is 10. The van der Waals surface area contributed by atoms with Gasteiger partial charge in [-0.3, -0.25) is 9.36 Å².